The lowest BCUT2D eigenvalue weighted by atomic mass is 9.76. The van der Waals surface area contributed by atoms with Crippen LogP contribution in [0.4, 0.5) is 0 Å². The zero-order valence-corrected chi connectivity index (χ0v) is 13.2. The summed E-state index contributed by atoms with van der Waals surface area (Å²) in [6.07, 6.45) is 1.94. The number of aromatic nitrogens is 2. The van der Waals surface area contributed by atoms with Gasteiger partial charge in [0.25, 0.3) is 0 Å². The number of carboxylic acids is 1. The third-order valence-electron chi connectivity index (χ3n) is 4.24. The summed E-state index contributed by atoms with van der Waals surface area (Å²) in [5.41, 5.74) is 1.57. The van der Waals surface area contributed by atoms with Crippen molar-refractivity contribution in [1.82, 2.24) is 14.7 Å². The van der Waals surface area contributed by atoms with E-state index < -0.39 is 12.0 Å². The molecule has 0 radical (unpaired) electrons. The van der Waals surface area contributed by atoms with Crippen molar-refractivity contribution in [3.05, 3.63) is 16.4 Å². The van der Waals surface area contributed by atoms with Gasteiger partial charge in [-0.25, -0.2) is 0 Å². The lowest BCUT2D eigenvalue weighted by Crippen LogP contribution is -2.53. The van der Waals surface area contributed by atoms with Gasteiger partial charge in [0.15, 0.2) is 0 Å². The van der Waals surface area contributed by atoms with E-state index in [0.29, 0.717) is 11.7 Å². The summed E-state index contributed by atoms with van der Waals surface area (Å²) in [6.45, 7) is 7.28. The molecule has 1 aliphatic rings. The number of aliphatic carboxylic acids is 1. The van der Waals surface area contributed by atoms with Gasteiger partial charge in [-0.05, 0) is 31.7 Å². The molecular weight excluding hydrogens is 278 g/mol. The Labute approximate surface area is 124 Å². The smallest absolute Gasteiger partial charge is 0.321 e. The largest absolute Gasteiger partial charge is 0.480 e. The zero-order valence-electron chi connectivity index (χ0n) is 12.5. The van der Waals surface area contributed by atoms with Crippen LogP contribution in [0.5, 0.6) is 0 Å². The molecule has 1 aliphatic heterocycles. The molecule has 20 heavy (non-hydrogen) atoms. The van der Waals surface area contributed by atoms with Gasteiger partial charge in [-0.3, -0.25) is 14.4 Å². The van der Waals surface area contributed by atoms with Crippen LogP contribution in [0, 0.1) is 12.3 Å². The van der Waals surface area contributed by atoms with Crippen LogP contribution < -0.4 is 0 Å². The van der Waals surface area contributed by atoms with Crippen molar-refractivity contribution in [3.8, 4) is 0 Å². The van der Waals surface area contributed by atoms with E-state index in [1.54, 1.807) is 11.7 Å². The standard InChI is InChI=1S/C14H22ClN3O2/c1-9-10(12(15)17(4)16-9)8-18-7-5-6-14(2,3)11(18)13(19)20/h11H,5-8H2,1-4H3,(H,19,20). The van der Waals surface area contributed by atoms with Crippen molar-refractivity contribution < 1.29 is 9.90 Å². The van der Waals surface area contributed by atoms with E-state index in [2.05, 4.69) is 5.10 Å². The summed E-state index contributed by atoms with van der Waals surface area (Å²) in [7, 11) is 1.80. The zero-order chi connectivity index (χ0) is 15.1. The highest BCUT2D eigenvalue weighted by Crippen LogP contribution is 2.36. The van der Waals surface area contributed by atoms with Crippen LogP contribution in [0.3, 0.4) is 0 Å². The number of hydrogen-bond donors (Lipinski definition) is 1. The lowest BCUT2D eigenvalue weighted by Gasteiger charge is -2.44. The molecule has 1 aromatic rings. The van der Waals surface area contributed by atoms with Gasteiger partial charge in [-0.1, -0.05) is 25.4 Å². The monoisotopic (exact) mass is 299 g/mol. The quantitative estimate of drug-likeness (QED) is 0.931. The van der Waals surface area contributed by atoms with Crippen LogP contribution in [0.25, 0.3) is 0 Å². The number of carboxylic acid groups (broad SMARTS) is 1. The first-order chi connectivity index (χ1) is 9.24. The van der Waals surface area contributed by atoms with Crippen molar-refractivity contribution in [2.75, 3.05) is 6.54 Å². The van der Waals surface area contributed by atoms with Crippen LogP contribution in [0.2, 0.25) is 5.15 Å². The molecule has 6 heteroatoms. The molecule has 1 unspecified atom stereocenters. The Hall–Kier alpha value is -1.07. The maximum Gasteiger partial charge on any atom is 0.321 e. The van der Waals surface area contributed by atoms with Crippen LogP contribution in [0.15, 0.2) is 0 Å². The molecule has 0 bridgehead atoms. The second-order valence-electron chi connectivity index (χ2n) is 6.28. The van der Waals surface area contributed by atoms with E-state index in [1.807, 2.05) is 25.7 Å². The molecule has 1 saturated heterocycles. The molecule has 2 heterocycles. The van der Waals surface area contributed by atoms with Gasteiger partial charge in [0, 0.05) is 19.2 Å². The Morgan fingerprint density at radius 2 is 2.20 bits per heavy atom. The molecule has 112 valence electrons. The predicted octanol–water partition coefficient (Wildman–Crippen LogP) is 2.46. The van der Waals surface area contributed by atoms with Crippen molar-refractivity contribution in [1.29, 1.82) is 0 Å². The second-order valence-corrected chi connectivity index (χ2v) is 6.64. The normalized spacial score (nSPS) is 22.9. The number of aryl methyl sites for hydroxylation is 2. The summed E-state index contributed by atoms with van der Waals surface area (Å²) < 4.78 is 1.64. The predicted molar refractivity (Wildman–Crippen MR) is 77.8 cm³/mol. The molecule has 0 amide bonds. The minimum Gasteiger partial charge on any atom is -0.480 e. The van der Waals surface area contributed by atoms with Gasteiger partial charge in [0.1, 0.15) is 11.2 Å². The highest BCUT2D eigenvalue weighted by molar-refractivity contribution is 6.30. The fourth-order valence-corrected chi connectivity index (χ4v) is 3.45. The van der Waals surface area contributed by atoms with E-state index in [-0.39, 0.29) is 5.41 Å². The summed E-state index contributed by atoms with van der Waals surface area (Å²) in [4.78, 5) is 13.7. The summed E-state index contributed by atoms with van der Waals surface area (Å²) in [5, 5.41) is 14.5. The molecule has 0 aliphatic carbocycles. The minimum absolute atomic E-state index is 0.229. The molecule has 0 aromatic carbocycles. The SMILES string of the molecule is Cc1nn(C)c(Cl)c1CN1CCCC(C)(C)C1C(=O)O. The number of carbonyl (C=O) groups is 1. The first-order valence-corrected chi connectivity index (χ1v) is 7.26. The van der Waals surface area contributed by atoms with Crippen molar-refractivity contribution in [2.45, 2.75) is 46.2 Å². The third kappa shape index (κ3) is 2.69. The fraction of sp³-hybridized carbons (Fsp3) is 0.714. The van der Waals surface area contributed by atoms with Gasteiger partial charge in [-0.15, -0.1) is 0 Å². The number of likely N-dealkylation sites (tertiary alicyclic amines) is 1. The van der Waals surface area contributed by atoms with Crippen LogP contribution in [-0.4, -0.2) is 38.3 Å². The highest BCUT2D eigenvalue weighted by atomic mass is 35.5. The Kier molecular flexibility index (Phi) is 4.12. The number of hydrogen-bond acceptors (Lipinski definition) is 3. The highest BCUT2D eigenvalue weighted by Gasteiger charge is 2.42. The maximum atomic E-state index is 11.7. The average molecular weight is 300 g/mol. The minimum atomic E-state index is -0.757. The van der Waals surface area contributed by atoms with E-state index in [1.165, 1.54) is 0 Å². The first kappa shape index (κ1) is 15.3. The van der Waals surface area contributed by atoms with Crippen LogP contribution in [-0.2, 0) is 18.4 Å². The maximum absolute atomic E-state index is 11.7. The summed E-state index contributed by atoms with van der Waals surface area (Å²) >= 11 is 6.26. The molecule has 1 aromatic heterocycles. The van der Waals surface area contributed by atoms with Crippen LogP contribution in [0.1, 0.15) is 37.9 Å². The molecule has 0 spiro atoms. The Bertz CT molecular complexity index is 525. The van der Waals surface area contributed by atoms with Gasteiger partial charge in [-0.2, -0.15) is 5.10 Å². The molecule has 0 saturated carbocycles. The van der Waals surface area contributed by atoms with E-state index >= 15 is 0 Å². The van der Waals surface area contributed by atoms with E-state index in [0.717, 1.165) is 30.6 Å². The third-order valence-corrected chi connectivity index (χ3v) is 4.71. The molecule has 1 fully saturated rings. The van der Waals surface area contributed by atoms with Crippen molar-refractivity contribution in [2.24, 2.45) is 12.5 Å². The first-order valence-electron chi connectivity index (χ1n) is 6.89. The number of rotatable bonds is 3. The summed E-state index contributed by atoms with van der Waals surface area (Å²) in [5.74, 6) is -0.757. The van der Waals surface area contributed by atoms with Gasteiger partial charge in [0.2, 0.25) is 0 Å². The Balaban J connectivity index is 2.29. The molecule has 1 N–H and O–H groups in total. The van der Waals surface area contributed by atoms with Crippen molar-refractivity contribution in [3.63, 3.8) is 0 Å². The topological polar surface area (TPSA) is 58.4 Å². The Morgan fingerprint density at radius 3 is 2.70 bits per heavy atom. The Morgan fingerprint density at radius 1 is 1.55 bits per heavy atom. The molecule has 2 rings (SSSR count). The molecule has 5 nitrogen and oxygen atoms in total. The van der Waals surface area contributed by atoms with E-state index in [9.17, 15) is 9.90 Å². The van der Waals surface area contributed by atoms with Crippen molar-refractivity contribution >= 4 is 17.6 Å². The average Bonchev–Trinajstić information content (AvgIpc) is 2.54. The fourth-order valence-electron chi connectivity index (χ4n) is 3.22. The molecular formula is C14H22ClN3O2. The van der Waals surface area contributed by atoms with Crippen LogP contribution >= 0.6 is 11.6 Å². The summed E-state index contributed by atoms with van der Waals surface area (Å²) in [6, 6.07) is -0.480. The second kappa shape index (κ2) is 5.37. The lowest BCUT2D eigenvalue weighted by molar-refractivity contribution is -0.151. The van der Waals surface area contributed by atoms with Gasteiger partial charge in [0.05, 0.1) is 5.69 Å². The van der Waals surface area contributed by atoms with Gasteiger partial charge < -0.3 is 5.11 Å². The number of piperidine rings is 1. The number of nitrogens with zero attached hydrogens (tertiary/aromatic N) is 3. The van der Waals surface area contributed by atoms with E-state index in [4.69, 9.17) is 11.6 Å². The molecule has 1 atom stereocenters. The number of halogens is 1. The van der Waals surface area contributed by atoms with Gasteiger partial charge >= 0.3 is 5.97 Å².